The van der Waals surface area contributed by atoms with E-state index in [4.69, 9.17) is 9.47 Å². The van der Waals surface area contributed by atoms with Crippen LogP contribution in [0.4, 0.5) is 9.59 Å². The summed E-state index contributed by atoms with van der Waals surface area (Å²) in [5.74, 6) is -0.714. The summed E-state index contributed by atoms with van der Waals surface area (Å²) >= 11 is 0. The van der Waals surface area contributed by atoms with Gasteiger partial charge in [-0.25, -0.2) is 18.7 Å². The average molecular weight is 564 g/mol. The lowest BCUT2D eigenvalue weighted by Gasteiger charge is -2.20. The fourth-order valence-electron chi connectivity index (χ4n) is 4.20. The van der Waals surface area contributed by atoms with Crippen LogP contribution in [-0.4, -0.2) is 40.4 Å². The Bertz CT molecular complexity index is 1190. The molecule has 0 unspecified atom stereocenters. The molecule has 0 bridgehead atoms. The summed E-state index contributed by atoms with van der Waals surface area (Å²) in [6.07, 6.45) is 3.68. The molecule has 2 atom stereocenters. The van der Waals surface area contributed by atoms with Gasteiger partial charge in [-0.3, -0.25) is 9.59 Å². The maximum absolute atomic E-state index is 13.0. The summed E-state index contributed by atoms with van der Waals surface area (Å²) < 4.78 is 13.8. The van der Waals surface area contributed by atoms with Gasteiger partial charge in [-0.15, -0.1) is 0 Å². The number of hydrogen-bond acceptors (Lipinski definition) is 6. The molecule has 1 aromatic heterocycles. The highest BCUT2D eigenvalue weighted by molar-refractivity contribution is 5.87. The zero-order valence-electron chi connectivity index (χ0n) is 24.0. The van der Waals surface area contributed by atoms with Crippen LogP contribution in [0.15, 0.2) is 79.4 Å². The number of carbonyl (C=O) groups is 4. The molecule has 0 saturated carbocycles. The lowest BCUT2D eigenvalue weighted by Crippen LogP contribution is -2.50. The van der Waals surface area contributed by atoms with Crippen molar-refractivity contribution in [1.82, 2.24) is 15.2 Å². The molecule has 0 aliphatic carbocycles. The number of carbonyl (C=O) groups excluding carboxylic acids is 4. The quantitative estimate of drug-likeness (QED) is 0.288. The average Bonchev–Trinajstić information content (AvgIpc) is 3.39. The number of nitrogens with one attached hydrogen (secondary N) is 2. The number of rotatable bonds is 14. The van der Waals surface area contributed by atoms with Gasteiger partial charge in [-0.1, -0.05) is 88.4 Å². The topological polar surface area (TPSA) is 120 Å². The van der Waals surface area contributed by atoms with Crippen molar-refractivity contribution in [3.8, 4) is 0 Å². The van der Waals surface area contributed by atoms with Gasteiger partial charge in [-0.2, -0.15) is 0 Å². The SMILES string of the molecule is CC(C)[C@H](NC(=O)OCc1ccccc1)C(=O)Cn1cc[n+](CC(=O)[C@@H](NC(=O)OCc2ccccc2)C(C)C)c1. The summed E-state index contributed by atoms with van der Waals surface area (Å²) in [5.41, 5.74) is 1.70. The molecule has 0 aliphatic rings. The summed E-state index contributed by atoms with van der Waals surface area (Å²) in [7, 11) is 0. The van der Waals surface area contributed by atoms with Gasteiger partial charge in [-0.05, 0) is 23.0 Å². The minimum Gasteiger partial charge on any atom is -0.445 e. The number of alkyl carbamates (subject to hydrolysis) is 2. The Morgan fingerprint density at radius 2 is 1.20 bits per heavy atom. The number of ketones is 2. The largest absolute Gasteiger partial charge is 0.445 e. The van der Waals surface area contributed by atoms with E-state index >= 15 is 0 Å². The van der Waals surface area contributed by atoms with Crippen LogP contribution in [0.25, 0.3) is 0 Å². The lowest BCUT2D eigenvalue weighted by atomic mass is 10.00. The van der Waals surface area contributed by atoms with Crippen molar-refractivity contribution in [3.05, 3.63) is 90.5 Å². The Morgan fingerprint density at radius 1 is 0.732 bits per heavy atom. The minimum atomic E-state index is -0.743. The van der Waals surface area contributed by atoms with Crippen LogP contribution in [-0.2, 0) is 45.4 Å². The van der Waals surface area contributed by atoms with E-state index < -0.39 is 24.3 Å². The first kappa shape index (κ1) is 31.1. The third kappa shape index (κ3) is 10.2. The highest BCUT2D eigenvalue weighted by Gasteiger charge is 2.28. The number of Topliss-reactive ketones (excluding diaryl/α,β-unsaturated/α-hetero) is 2. The number of hydrogen-bond donors (Lipinski definition) is 2. The fourth-order valence-corrected chi connectivity index (χ4v) is 4.20. The van der Waals surface area contributed by atoms with Gasteiger partial charge in [0.25, 0.3) is 0 Å². The molecule has 10 nitrogen and oxygen atoms in total. The van der Waals surface area contributed by atoms with Crippen LogP contribution in [0, 0.1) is 11.8 Å². The third-order valence-corrected chi connectivity index (χ3v) is 6.42. The molecule has 0 saturated heterocycles. The van der Waals surface area contributed by atoms with Gasteiger partial charge in [0.15, 0.2) is 24.7 Å². The van der Waals surface area contributed by atoms with Crippen LogP contribution in [0.1, 0.15) is 38.8 Å². The molecule has 2 amide bonds. The Balaban J connectivity index is 1.51. The molecule has 218 valence electrons. The maximum Gasteiger partial charge on any atom is 0.408 e. The van der Waals surface area contributed by atoms with Crippen LogP contribution in [0.5, 0.6) is 0 Å². The normalized spacial score (nSPS) is 12.4. The number of nitrogens with zero attached hydrogens (tertiary/aromatic N) is 2. The molecule has 0 aliphatic heterocycles. The molecule has 41 heavy (non-hydrogen) atoms. The van der Waals surface area contributed by atoms with Crippen molar-refractivity contribution in [3.63, 3.8) is 0 Å². The van der Waals surface area contributed by atoms with Gasteiger partial charge in [0.1, 0.15) is 25.6 Å². The van der Waals surface area contributed by atoms with Crippen molar-refractivity contribution >= 4 is 23.8 Å². The van der Waals surface area contributed by atoms with Crippen molar-refractivity contribution in [2.45, 2.75) is 66.1 Å². The number of amides is 2. The van der Waals surface area contributed by atoms with Crippen LogP contribution in [0.3, 0.4) is 0 Å². The molecule has 2 aromatic carbocycles. The third-order valence-electron chi connectivity index (χ3n) is 6.42. The minimum absolute atomic E-state index is 0.000668. The monoisotopic (exact) mass is 563 g/mol. The van der Waals surface area contributed by atoms with Crippen molar-refractivity contribution < 1.29 is 33.2 Å². The molecule has 3 aromatic rings. The summed E-state index contributed by atoms with van der Waals surface area (Å²) in [4.78, 5) is 50.8. The Kier molecular flexibility index (Phi) is 11.6. The predicted octanol–water partition coefficient (Wildman–Crippen LogP) is 3.82. The second-order valence-electron chi connectivity index (χ2n) is 10.5. The van der Waals surface area contributed by atoms with Gasteiger partial charge >= 0.3 is 12.2 Å². The van der Waals surface area contributed by atoms with Crippen LogP contribution >= 0.6 is 0 Å². The lowest BCUT2D eigenvalue weighted by molar-refractivity contribution is -0.683. The molecule has 10 heteroatoms. The zero-order chi connectivity index (χ0) is 29.8. The first-order chi connectivity index (χ1) is 19.6. The van der Waals surface area contributed by atoms with E-state index in [2.05, 4.69) is 10.6 Å². The Labute approximate surface area is 240 Å². The van der Waals surface area contributed by atoms with E-state index in [0.29, 0.717) is 0 Å². The van der Waals surface area contributed by atoms with Gasteiger partial charge in [0, 0.05) is 0 Å². The van der Waals surface area contributed by atoms with E-state index in [0.717, 1.165) is 11.1 Å². The molecular formula is C31H39N4O6+. The zero-order valence-corrected chi connectivity index (χ0v) is 24.0. The maximum atomic E-state index is 13.0. The molecule has 0 fully saturated rings. The molecule has 0 spiro atoms. The second kappa shape index (κ2) is 15.4. The Hall–Kier alpha value is -4.47. The van der Waals surface area contributed by atoms with E-state index in [1.165, 1.54) is 0 Å². The van der Waals surface area contributed by atoms with Crippen molar-refractivity contribution in [2.24, 2.45) is 11.8 Å². The highest BCUT2D eigenvalue weighted by Crippen LogP contribution is 2.08. The van der Waals surface area contributed by atoms with E-state index in [-0.39, 0.29) is 49.7 Å². The molecule has 0 radical (unpaired) electrons. The van der Waals surface area contributed by atoms with Crippen LogP contribution in [0.2, 0.25) is 0 Å². The standard InChI is InChI=1S/C31H38N4O6/c1-22(2)28(32-30(38)40-19-24-11-7-5-8-12-24)26(36)17-34-15-16-35(21-34)18-27(37)29(23(3)4)33-31(39)41-20-25-13-9-6-10-14-25/h5-16,21-23,28-29H,17-20H2,1-4H3,(H-,32,33,38,39)/p+1/t28-,29-/m0/s1. The van der Waals surface area contributed by atoms with Gasteiger partial charge in [0.05, 0.1) is 12.1 Å². The van der Waals surface area contributed by atoms with Crippen molar-refractivity contribution in [1.29, 1.82) is 0 Å². The second-order valence-corrected chi connectivity index (χ2v) is 10.5. The van der Waals surface area contributed by atoms with E-state index in [9.17, 15) is 19.2 Å². The van der Waals surface area contributed by atoms with Crippen molar-refractivity contribution in [2.75, 3.05) is 0 Å². The number of benzene rings is 2. The summed E-state index contributed by atoms with van der Waals surface area (Å²) in [6.45, 7) is 7.60. The van der Waals surface area contributed by atoms with E-state index in [1.807, 2.05) is 88.4 Å². The highest BCUT2D eigenvalue weighted by atomic mass is 16.6. The molecule has 3 rings (SSSR count). The van der Waals surface area contributed by atoms with Crippen LogP contribution < -0.4 is 15.2 Å². The van der Waals surface area contributed by atoms with Gasteiger partial charge in [0.2, 0.25) is 6.33 Å². The summed E-state index contributed by atoms with van der Waals surface area (Å²) in [6, 6.07) is 17.1. The smallest absolute Gasteiger partial charge is 0.408 e. The molecular weight excluding hydrogens is 524 g/mol. The van der Waals surface area contributed by atoms with E-state index in [1.54, 1.807) is 27.9 Å². The predicted molar refractivity (Wildman–Crippen MR) is 151 cm³/mol. The first-order valence-electron chi connectivity index (χ1n) is 13.7. The fraction of sp³-hybridized carbons (Fsp3) is 0.387. The number of ether oxygens (including phenoxy) is 2. The molecule has 2 N–H and O–H groups in total. The first-order valence-corrected chi connectivity index (χ1v) is 13.7. The number of imidazole rings is 1. The Morgan fingerprint density at radius 3 is 1.66 bits per heavy atom. The molecule has 1 heterocycles. The summed E-state index contributed by atoms with van der Waals surface area (Å²) in [5, 5.41) is 5.35. The number of aromatic nitrogens is 2. The van der Waals surface area contributed by atoms with Gasteiger partial charge < -0.3 is 20.1 Å².